The van der Waals surface area contributed by atoms with E-state index in [4.69, 9.17) is 9.47 Å². The molecule has 0 radical (unpaired) electrons. The number of benzene rings is 2. The molecule has 0 aromatic heterocycles. The van der Waals surface area contributed by atoms with E-state index in [0.717, 1.165) is 24.2 Å². The van der Waals surface area contributed by atoms with Crippen LogP contribution in [0.15, 0.2) is 48.5 Å². The maximum atomic E-state index is 13.4. The van der Waals surface area contributed by atoms with Crippen LogP contribution in [0.4, 0.5) is 14.9 Å². The Bertz CT molecular complexity index is 967. The van der Waals surface area contributed by atoms with E-state index < -0.39 is 5.41 Å². The molecule has 0 atom stereocenters. The van der Waals surface area contributed by atoms with Crippen molar-refractivity contribution in [3.05, 3.63) is 59.9 Å². The van der Waals surface area contributed by atoms with Crippen molar-refractivity contribution in [2.45, 2.75) is 31.1 Å². The van der Waals surface area contributed by atoms with Crippen LogP contribution in [0.25, 0.3) is 0 Å². The van der Waals surface area contributed by atoms with Crippen LogP contribution >= 0.6 is 0 Å². The van der Waals surface area contributed by atoms with E-state index in [9.17, 15) is 14.0 Å². The van der Waals surface area contributed by atoms with Crippen LogP contribution in [0.5, 0.6) is 5.75 Å². The molecule has 182 valence electrons. The van der Waals surface area contributed by atoms with Crippen molar-refractivity contribution in [3.8, 4) is 5.75 Å². The maximum absolute atomic E-state index is 13.4. The minimum absolute atomic E-state index is 0.0393. The molecular weight excluding hydrogens is 437 g/mol. The second-order valence-electron chi connectivity index (χ2n) is 9.00. The lowest BCUT2D eigenvalue weighted by Gasteiger charge is -2.37. The first-order chi connectivity index (χ1) is 16.5. The first kappa shape index (κ1) is 24.0. The molecule has 34 heavy (non-hydrogen) atoms. The first-order valence-corrected chi connectivity index (χ1v) is 11.8. The van der Waals surface area contributed by atoms with Crippen molar-refractivity contribution in [1.82, 2.24) is 10.2 Å². The van der Waals surface area contributed by atoms with Crippen molar-refractivity contribution < 1.29 is 23.5 Å². The molecule has 0 spiro atoms. The summed E-state index contributed by atoms with van der Waals surface area (Å²) in [7, 11) is 1.63. The van der Waals surface area contributed by atoms with Gasteiger partial charge in [0.25, 0.3) is 0 Å². The minimum atomic E-state index is -0.597. The molecule has 2 N–H and O–H groups in total. The summed E-state index contributed by atoms with van der Waals surface area (Å²) < 4.78 is 23.9. The van der Waals surface area contributed by atoms with Gasteiger partial charge in [-0.3, -0.25) is 4.79 Å². The van der Waals surface area contributed by atoms with Gasteiger partial charge in [-0.25, -0.2) is 9.18 Å². The normalized spacial score (nSPS) is 18.2. The number of anilines is 1. The Morgan fingerprint density at radius 1 is 1.06 bits per heavy atom. The molecule has 2 aliphatic heterocycles. The van der Waals surface area contributed by atoms with Crippen molar-refractivity contribution in [3.63, 3.8) is 0 Å². The zero-order valence-corrected chi connectivity index (χ0v) is 19.5. The molecule has 2 aliphatic rings. The summed E-state index contributed by atoms with van der Waals surface area (Å²) in [6.45, 7) is 2.93. The molecule has 0 bridgehead atoms. The summed E-state index contributed by atoms with van der Waals surface area (Å²) in [6.07, 6.45) is 2.92. The average molecular weight is 470 g/mol. The summed E-state index contributed by atoms with van der Waals surface area (Å²) in [4.78, 5) is 27.7. The number of urea groups is 1. The average Bonchev–Trinajstić information content (AvgIpc) is 2.89. The molecule has 0 unspecified atom stereocenters. The van der Waals surface area contributed by atoms with E-state index in [-0.39, 0.29) is 17.8 Å². The van der Waals surface area contributed by atoms with Gasteiger partial charge in [0, 0.05) is 38.5 Å². The number of carbonyl (C=O) groups excluding carboxylic acids is 2. The number of hydrogen-bond acceptors (Lipinski definition) is 4. The number of carbonyl (C=O) groups is 2. The molecule has 2 aromatic rings. The summed E-state index contributed by atoms with van der Waals surface area (Å²) >= 11 is 0. The van der Waals surface area contributed by atoms with Crippen LogP contribution in [-0.4, -0.2) is 56.8 Å². The number of likely N-dealkylation sites (tertiary alicyclic amines) is 1. The molecule has 3 amide bonds. The topological polar surface area (TPSA) is 79.9 Å². The summed E-state index contributed by atoms with van der Waals surface area (Å²) in [6, 6.07) is 13.3. The number of ether oxygens (including phenoxy) is 2. The van der Waals surface area contributed by atoms with Crippen LogP contribution in [-0.2, 0) is 14.9 Å². The molecule has 0 saturated carbocycles. The van der Waals surface area contributed by atoms with Crippen LogP contribution in [0, 0.1) is 11.7 Å². The number of nitrogens with zero attached hydrogens (tertiary/aromatic N) is 1. The van der Waals surface area contributed by atoms with Crippen molar-refractivity contribution in [1.29, 1.82) is 0 Å². The highest BCUT2D eigenvalue weighted by Crippen LogP contribution is 2.36. The van der Waals surface area contributed by atoms with Crippen LogP contribution in [0.1, 0.15) is 31.2 Å². The van der Waals surface area contributed by atoms with E-state index in [1.807, 2.05) is 24.3 Å². The molecular formula is C26H32FN3O4. The summed E-state index contributed by atoms with van der Waals surface area (Å²) in [5.74, 6) is 0.779. The minimum Gasteiger partial charge on any atom is -0.497 e. The van der Waals surface area contributed by atoms with E-state index in [0.29, 0.717) is 57.3 Å². The van der Waals surface area contributed by atoms with Crippen LogP contribution in [0.3, 0.4) is 0 Å². The molecule has 2 heterocycles. The zero-order valence-electron chi connectivity index (χ0n) is 19.5. The molecule has 7 nitrogen and oxygen atoms in total. The van der Waals surface area contributed by atoms with Crippen LogP contribution < -0.4 is 15.4 Å². The van der Waals surface area contributed by atoms with Gasteiger partial charge in [0.15, 0.2) is 0 Å². The molecule has 2 fully saturated rings. The quantitative estimate of drug-likeness (QED) is 0.672. The SMILES string of the molecule is COc1ccc(C2(C(=O)NCC3CCN(C(=O)Nc4ccc(F)cc4)CC3)CCOCC2)cc1. The summed E-state index contributed by atoms with van der Waals surface area (Å²) in [5, 5.41) is 6.01. The third-order valence-corrected chi connectivity index (χ3v) is 6.97. The Balaban J connectivity index is 1.30. The van der Waals surface area contributed by atoms with Crippen molar-refractivity contribution >= 4 is 17.6 Å². The van der Waals surface area contributed by atoms with E-state index in [1.54, 1.807) is 24.1 Å². The third kappa shape index (κ3) is 5.50. The monoisotopic (exact) mass is 469 g/mol. The Kier molecular flexibility index (Phi) is 7.67. The van der Waals surface area contributed by atoms with E-state index >= 15 is 0 Å². The van der Waals surface area contributed by atoms with Gasteiger partial charge >= 0.3 is 6.03 Å². The van der Waals surface area contributed by atoms with Gasteiger partial charge in [0.2, 0.25) is 5.91 Å². The number of methoxy groups -OCH3 is 1. The lowest BCUT2D eigenvalue weighted by atomic mass is 9.73. The highest BCUT2D eigenvalue weighted by atomic mass is 19.1. The molecule has 2 aromatic carbocycles. The second kappa shape index (κ2) is 10.9. The van der Waals surface area contributed by atoms with Gasteiger partial charge < -0.3 is 25.0 Å². The number of nitrogens with one attached hydrogen (secondary N) is 2. The maximum Gasteiger partial charge on any atom is 0.321 e. The van der Waals surface area contributed by atoms with Gasteiger partial charge in [-0.15, -0.1) is 0 Å². The Morgan fingerprint density at radius 3 is 2.32 bits per heavy atom. The van der Waals surface area contributed by atoms with Crippen molar-refractivity contribution in [2.24, 2.45) is 5.92 Å². The standard InChI is InChI=1S/C26H32FN3O4/c1-33-23-8-2-20(3-9-23)26(12-16-34-17-13-26)24(31)28-18-19-10-14-30(15-11-19)25(32)29-22-6-4-21(27)5-7-22/h2-9,19H,10-18H2,1H3,(H,28,31)(H,29,32). The second-order valence-corrected chi connectivity index (χ2v) is 9.00. The Hall–Kier alpha value is -3.13. The molecule has 0 aliphatic carbocycles. The fourth-order valence-electron chi connectivity index (χ4n) is 4.76. The molecule has 4 rings (SSSR count). The number of rotatable bonds is 6. The van der Waals surface area contributed by atoms with Gasteiger partial charge in [0.1, 0.15) is 11.6 Å². The zero-order chi connectivity index (χ0) is 24.0. The van der Waals surface area contributed by atoms with E-state index in [2.05, 4.69) is 10.6 Å². The fourth-order valence-corrected chi connectivity index (χ4v) is 4.76. The smallest absolute Gasteiger partial charge is 0.321 e. The highest BCUT2D eigenvalue weighted by Gasteiger charge is 2.41. The van der Waals surface area contributed by atoms with Crippen molar-refractivity contribution in [2.75, 3.05) is 45.3 Å². The Morgan fingerprint density at radius 2 is 1.71 bits per heavy atom. The molecule has 8 heteroatoms. The number of hydrogen-bond donors (Lipinski definition) is 2. The van der Waals surface area contributed by atoms with Crippen LogP contribution in [0.2, 0.25) is 0 Å². The number of amides is 3. The number of halogens is 1. The fraction of sp³-hybridized carbons (Fsp3) is 0.462. The van der Waals surface area contributed by atoms with Gasteiger partial charge in [-0.05, 0) is 73.6 Å². The summed E-state index contributed by atoms with van der Waals surface area (Å²) in [5.41, 5.74) is 0.961. The van der Waals surface area contributed by atoms with Gasteiger partial charge in [0.05, 0.1) is 12.5 Å². The highest BCUT2D eigenvalue weighted by molar-refractivity contribution is 5.89. The lowest BCUT2D eigenvalue weighted by molar-refractivity contribution is -0.130. The third-order valence-electron chi connectivity index (χ3n) is 6.97. The Labute approximate surface area is 199 Å². The van der Waals surface area contributed by atoms with Gasteiger partial charge in [-0.1, -0.05) is 12.1 Å². The predicted molar refractivity (Wildman–Crippen MR) is 127 cm³/mol. The molecule has 2 saturated heterocycles. The largest absolute Gasteiger partial charge is 0.497 e. The number of piperidine rings is 1. The van der Waals surface area contributed by atoms with E-state index in [1.165, 1.54) is 12.1 Å². The predicted octanol–water partition coefficient (Wildman–Crippen LogP) is 3.94. The van der Waals surface area contributed by atoms with Gasteiger partial charge in [-0.2, -0.15) is 0 Å². The first-order valence-electron chi connectivity index (χ1n) is 11.8. The lowest BCUT2D eigenvalue weighted by Crippen LogP contribution is -2.50.